The summed E-state index contributed by atoms with van der Waals surface area (Å²) in [6.07, 6.45) is -3.42. The van der Waals surface area contributed by atoms with Crippen LogP contribution in [-0.2, 0) is 9.53 Å². The highest BCUT2D eigenvalue weighted by atomic mass is 19.3. The van der Waals surface area contributed by atoms with Gasteiger partial charge in [0.1, 0.15) is 17.7 Å². The number of nitrogens with zero attached hydrogens (tertiary/aromatic N) is 7. The number of nitrogens with one attached hydrogen (secondary N) is 1. The molecule has 0 saturated carbocycles. The van der Waals surface area contributed by atoms with Crippen molar-refractivity contribution >= 4 is 28.7 Å². The average Bonchev–Trinajstić information content (AvgIpc) is 3.46. The van der Waals surface area contributed by atoms with Crippen molar-refractivity contribution in [1.29, 1.82) is 0 Å². The molecule has 232 valence electrons. The minimum absolute atomic E-state index is 0.114. The second kappa shape index (κ2) is 13.2. The number of para-hydroxylation sites is 2. The Morgan fingerprint density at radius 2 is 1.61 bits per heavy atom. The molecule has 2 aromatic carbocycles. The smallest absolute Gasteiger partial charge is 0.296 e. The fourth-order valence-corrected chi connectivity index (χ4v) is 5.69. The molecule has 0 spiro atoms. The number of aliphatic hydroxyl groups is 1. The van der Waals surface area contributed by atoms with Crippen LogP contribution in [0, 0.1) is 0 Å². The lowest BCUT2D eigenvalue weighted by molar-refractivity contribution is -0.133. The minimum Gasteiger partial charge on any atom is -0.387 e. The summed E-state index contributed by atoms with van der Waals surface area (Å²) >= 11 is 0. The summed E-state index contributed by atoms with van der Waals surface area (Å²) in [6, 6.07) is 17.5. The molecular formula is C31H36F2N8O3. The fraction of sp³-hybridized carbons (Fsp3) is 0.419. The number of hydrogen-bond donors (Lipinski definition) is 2. The van der Waals surface area contributed by atoms with Crippen molar-refractivity contribution in [2.75, 3.05) is 69.2 Å². The van der Waals surface area contributed by atoms with E-state index in [4.69, 9.17) is 4.74 Å². The van der Waals surface area contributed by atoms with Crippen LogP contribution in [0.15, 0.2) is 60.7 Å². The van der Waals surface area contributed by atoms with E-state index in [0.717, 1.165) is 5.56 Å². The number of fused-ring (bicyclic) bond motifs is 1. The van der Waals surface area contributed by atoms with E-state index in [1.165, 1.54) is 4.57 Å². The van der Waals surface area contributed by atoms with Gasteiger partial charge < -0.3 is 25.0 Å². The molecule has 2 N–H and O–H groups in total. The Morgan fingerprint density at radius 1 is 0.932 bits per heavy atom. The normalized spacial score (nSPS) is 17.7. The molecule has 2 atom stereocenters. The van der Waals surface area contributed by atoms with Crippen LogP contribution in [0.1, 0.15) is 30.8 Å². The Bertz CT molecular complexity index is 1570. The van der Waals surface area contributed by atoms with Crippen LogP contribution in [-0.4, -0.2) is 105 Å². The number of β-amino-alcohol motifs (C(OH)–C–C–N with tert-alkyl or cyclic N) is 1. The van der Waals surface area contributed by atoms with Crippen LogP contribution in [0.3, 0.4) is 0 Å². The number of alkyl halides is 2. The summed E-state index contributed by atoms with van der Waals surface area (Å²) in [7, 11) is 0. The number of anilines is 2. The largest absolute Gasteiger partial charge is 0.387 e. The number of morpholine rings is 1. The third-order valence-corrected chi connectivity index (χ3v) is 8.06. The lowest BCUT2D eigenvalue weighted by Crippen LogP contribution is -2.52. The van der Waals surface area contributed by atoms with Gasteiger partial charge in [0.2, 0.25) is 11.9 Å². The Labute approximate surface area is 254 Å². The topological polar surface area (TPSA) is 112 Å². The molecule has 2 fully saturated rings. The molecule has 2 aliphatic heterocycles. The predicted molar refractivity (Wildman–Crippen MR) is 162 cm³/mol. The summed E-state index contributed by atoms with van der Waals surface area (Å²) in [4.78, 5) is 32.9. The van der Waals surface area contributed by atoms with Crippen LogP contribution < -0.4 is 10.2 Å². The number of aliphatic hydroxyl groups excluding tert-OH is 1. The van der Waals surface area contributed by atoms with Crippen LogP contribution >= 0.6 is 0 Å². The van der Waals surface area contributed by atoms with Crippen molar-refractivity contribution in [1.82, 2.24) is 29.3 Å². The van der Waals surface area contributed by atoms with E-state index in [9.17, 15) is 18.7 Å². The van der Waals surface area contributed by atoms with Gasteiger partial charge in [0.25, 0.3) is 6.43 Å². The number of benzene rings is 2. The maximum Gasteiger partial charge on any atom is 0.296 e. The van der Waals surface area contributed by atoms with Gasteiger partial charge in [-0.1, -0.05) is 42.5 Å². The van der Waals surface area contributed by atoms with Gasteiger partial charge in [0.15, 0.2) is 5.82 Å². The molecule has 2 saturated heterocycles. The molecule has 13 heteroatoms. The number of aromatic nitrogens is 4. The average molecular weight is 607 g/mol. The Balaban J connectivity index is 1.19. The van der Waals surface area contributed by atoms with Crippen LogP contribution in [0.4, 0.5) is 20.5 Å². The Morgan fingerprint density at radius 3 is 2.34 bits per heavy atom. The zero-order valence-corrected chi connectivity index (χ0v) is 24.5. The molecule has 0 radical (unpaired) electrons. The molecule has 44 heavy (non-hydrogen) atoms. The second-order valence-corrected chi connectivity index (χ2v) is 11.0. The summed E-state index contributed by atoms with van der Waals surface area (Å²) in [5.41, 5.74) is 1.80. The molecule has 4 heterocycles. The standard InChI is InChI=1S/C31H36F2N8O3/c1-21(30(43)40-13-11-38(12-14-40)20-25(42)22-7-3-2-4-8-22)34-31-36-26(39-15-17-44-18-16-39)19-27(37-31)41-24-10-6-5-9-23(24)35-29(41)28(32)33/h2-10,19,21,25,28,42H,11-18,20H2,1H3,(H,34,36,37)/t21-,25?/m0/s1. The molecule has 6 rings (SSSR count). The third-order valence-electron chi connectivity index (χ3n) is 8.06. The monoisotopic (exact) mass is 606 g/mol. The number of imidazole rings is 1. The van der Waals surface area contributed by atoms with Gasteiger partial charge >= 0.3 is 0 Å². The second-order valence-electron chi connectivity index (χ2n) is 11.0. The van der Waals surface area contributed by atoms with Gasteiger partial charge in [-0.05, 0) is 24.6 Å². The number of ether oxygens (including phenoxy) is 1. The van der Waals surface area contributed by atoms with Gasteiger partial charge in [0.05, 0.1) is 30.4 Å². The summed E-state index contributed by atoms with van der Waals surface area (Å²) in [5.74, 6) is 0.411. The van der Waals surface area contributed by atoms with Crippen molar-refractivity contribution in [2.24, 2.45) is 0 Å². The Kier molecular flexibility index (Phi) is 8.96. The highest BCUT2D eigenvalue weighted by molar-refractivity contribution is 5.84. The lowest BCUT2D eigenvalue weighted by Gasteiger charge is -2.36. The summed E-state index contributed by atoms with van der Waals surface area (Å²) in [5, 5.41) is 13.7. The summed E-state index contributed by atoms with van der Waals surface area (Å²) < 4.78 is 35.2. The van der Waals surface area contributed by atoms with E-state index in [-0.39, 0.29) is 17.7 Å². The van der Waals surface area contributed by atoms with E-state index in [1.54, 1.807) is 42.2 Å². The minimum atomic E-state index is -2.83. The zero-order valence-electron chi connectivity index (χ0n) is 24.5. The molecule has 4 aromatic rings. The maximum absolute atomic E-state index is 14.2. The third kappa shape index (κ3) is 6.49. The molecule has 1 amide bonds. The van der Waals surface area contributed by atoms with Crippen molar-refractivity contribution in [2.45, 2.75) is 25.5 Å². The van der Waals surface area contributed by atoms with E-state index in [1.807, 2.05) is 35.2 Å². The van der Waals surface area contributed by atoms with Gasteiger partial charge in [-0.3, -0.25) is 14.3 Å². The SMILES string of the molecule is C[C@H](Nc1nc(N2CCOCC2)cc(-n2c(C(F)F)nc3ccccc32)n1)C(=O)N1CCN(CC(O)c2ccccc2)CC1. The van der Waals surface area contributed by atoms with E-state index in [0.29, 0.717) is 75.9 Å². The maximum atomic E-state index is 14.2. The van der Waals surface area contributed by atoms with Crippen LogP contribution in [0.5, 0.6) is 0 Å². The number of rotatable bonds is 9. The number of hydrogen-bond acceptors (Lipinski definition) is 9. The molecule has 0 bridgehead atoms. The van der Waals surface area contributed by atoms with Crippen molar-refractivity contribution < 1.29 is 23.4 Å². The van der Waals surface area contributed by atoms with Crippen LogP contribution in [0.2, 0.25) is 0 Å². The Hall–Kier alpha value is -4.20. The lowest BCUT2D eigenvalue weighted by atomic mass is 10.1. The quantitative estimate of drug-likeness (QED) is 0.297. The molecular weight excluding hydrogens is 570 g/mol. The molecule has 2 aliphatic rings. The highest BCUT2D eigenvalue weighted by Crippen LogP contribution is 2.29. The van der Waals surface area contributed by atoms with Crippen LogP contribution in [0.25, 0.3) is 16.9 Å². The number of carbonyl (C=O) groups is 1. The first-order chi connectivity index (χ1) is 21.4. The molecule has 11 nitrogen and oxygen atoms in total. The number of piperazine rings is 1. The fourth-order valence-electron chi connectivity index (χ4n) is 5.69. The molecule has 0 aliphatic carbocycles. The van der Waals surface area contributed by atoms with Gasteiger partial charge in [-0.2, -0.15) is 9.97 Å². The van der Waals surface area contributed by atoms with Crippen molar-refractivity contribution in [3.05, 3.63) is 72.1 Å². The highest BCUT2D eigenvalue weighted by Gasteiger charge is 2.28. The number of amides is 1. The number of halogens is 2. The summed E-state index contributed by atoms with van der Waals surface area (Å²) in [6.45, 7) is 6.75. The first kappa shape index (κ1) is 29.9. The van der Waals surface area contributed by atoms with Gasteiger partial charge in [-0.25, -0.2) is 13.8 Å². The molecule has 2 aromatic heterocycles. The predicted octanol–water partition coefficient (Wildman–Crippen LogP) is 3.27. The van der Waals surface area contributed by atoms with E-state index < -0.39 is 24.4 Å². The first-order valence-corrected chi connectivity index (χ1v) is 14.9. The van der Waals surface area contributed by atoms with E-state index >= 15 is 0 Å². The van der Waals surface area contributed by atoms with Gasteiger partial charge in [0, 0.05) is 51.9 Å². The zero-order chi connectivity index (χ0) is 30.6. The first-order valence-electron chi connectivity index (χ1n) is 14.9. The van der Waals surface area contributed by atoms with Gasteiger partial charge in [-0.15, -0.1) is 0 Å². The molecule has 1 unspecified atom stereocenters. The van der Waals surface area contributed by atoms with Crippen molar-refractivity contribution in [3.8, 4) is 5.82 Å². The van der Waals surface area contributed by atoms with Crippen molar-refractivity contribution in [3.63, 3.8) is 0 Å². The van der Waals surface area contributed by atoms with E-state index in [2.05, 4.69) is 25.2 Å². The number of carbonyl (C=O) groups excluding carboxylic acids is 1.